The predicted octanol–water partition coefficient (Wildman–Crippen LogP) is 3.92. The van der Waals surface area contributed by atoms with Crippen LogP contribution in [-0.2, 0) is 9.59 Å². The highest BCUT2D eigenvalue weighted by Gasteiger charge is 2.47. The molecule has 9 rings (SSSR count). The van der Waals surface area contributed by atoms with E-state index in [1.807, 2.05) is 36.4 Å². The number of rotatable bonds is 7. The highest BCUT2D eigenvalue weighted by atomic mass is 35.5. The Kier molecular flexibility index (Phi) is 8.46. The SMILES string of the molecule is [C-]#[N+]c1ccc(N2CC3(CCN(c4ccc(OC5CN(C6CN(c7ccc8c(c7)C(=O)N(C7CCC(=O)NC7=O)C8=O)C6)C5)nn4)CC3)C[C@@H]2C)cc1Cl. The van der Waals surface area contributed by atoms with Crippen LogP contribution in [0.15, 0.2) is 48.5 Å². The Morgan fingerprint density at radius 3 is 2.37 bits per heavy atom. The van der Waals surface area contributed by atoms with Crippen molar-refractivity contribution in [3.8, 4) is 5.88 Å². The van der Waals surface area contributed by atoms with E-state index >= 15 is 0 Å². The number of likely N-dealkylation sites (tertiary alicyclic amines) is 1. The number of hydrogen-bond acceptors (Lipinski definition) is 11. The molecule has 1 spiro atoms. The summed E-state index contributed by atoms with van der Waals surface area (Å²) < 4.78 is 6.16. The summed E-state index contributed by atoms with van der Waals surface area (Å²) in [4.78, 5) is 64.0. The molecule has 5 fully saturated rings. The van der Waals surface area contributed by atoms with Gasteiger partial charge in [0.1, 0.15) is 12.1 Å². The van der Waals surface area contributed by atoms with Gasteiger partial charge in [0.2, 0.25) is 23.4 Å². The van der Waals surface area contributed by atoms with Gasteiger partial charge in [-0.2, -0.15) is 0 Å². The number of piperidine rings is 2. The minimum atomic E-state index is -0.974. The maximum absolute atomic E-state index is 13.2. The van der Waals surface area contributed by atoms with E-state index in [4.69, 9.17) is 22.9 Å². The molecule has 0 bridgehead atoms. The molecular weight excluding hydrogens is 710 g/mol. The molecule has 14 nitrogen and oxygen atoms in total. The lowest BCUT2D eigenvalue weighted by Crippen LogP contribution is -2.67. The topological polar surface area (TPSA) is 136 Å². The number of carbonyl (C=O) groups excluding carboxylic acids is 4. The summed E-state index contributed by atoms with van der Waals surface area (Å²) >= 11 is 6.36. The highest BCUT2D eigenvalue weighted by Crippen LogP contribution is 2.46. The number of carbonyl (C=O) groups is 4. The lowest BCUT2D eigenvalue weighted by atomic mass is 9.77. The number of halogens is 1. The molecule has 0 aliphatic carbocycles. The Bertz CT molecular complexity index is 2090. The van der Waals surface area contributed by atoms with E-state index in [-0.39, 0.29) is 29.9 Å². The lowest BCUT2D eigenvalue weighted by Gasteiger charge is -2.52. The Morgan fingerprint density at radius 2 is 1.67 bits per heavy atom. The fourth-order valence-electron chi connectivity index (χ4n) is 9.11. The number of hydrogen-bond donors (Lipinski definition) is 1. The smallest absolute Gasteiger partial charge is 0.262 e. The van der Waals surface area contributed by atoms with Crippen molar-refractivity contribution in [2.45, 2.75) is 63.3 Å². The molecule has 3 aromatic rings. The molecule has 1 N–H and O–H groups in total. The number of imide groups is 2. The summed E-state index contributed by atoms with van der Waals surface area (Å²) in [5.41, 5.74) is 3.25. The summed E-state index contributed by atoms with van der Waals surface area (Å²) in [5.74, 6) is -0.602. The van der Waals surface area contributed by atoms with E-state index in [2.05, 4.69) is 46.9 Å². The molecule has 278 valence electrons. The first-order chi connectivity index (χ1) is 26.1. The van der Waals surface area contributed by atoms with E-state index in [0.29, 0.717) is 34.2 Å². The minimum Gasteiger partial charge on any atom is -0.471 e. The summed E-state index contributed by atoms with van der Waals surface area (Å²) in [6.45, 7) is 15.5. The minimum absolute atomic E-state index is 0.0377. The molecule has 1 unspecified atom stereocenters. The van der Waals surface area contributed by atoms with Crippen molar-refractivity contribution in [2.75, 3.05) is 60.5 Å². The van der Waals surface area contributed by atoms with Crippen LogP contribution in [0, 0.1) is 12.0 Å². The Balaban J connectivity index is 0.729. The van der Waals surface area contributed by atoms with Crippen molar-refractivity contribution in [1.29, 1.82) is 0 Å². The molecule has 2 atom stereocenters. The number of aromatic nitrogens is 2. The molecule has 6 aliphatic heterocycles. The average molecular weight is 750 g/mol. The van der Waals surface area contributed by atoms with Crippen molar-refractivity contribution in [3.63, 3.8) is 0 Å². The fourth-order valence-corrected chi connectivity index (χ4v) is 9.33. The lowest BCUT2D eigenvalue weighted by molar-refractivity contribution is -0.136. The largest absolute Gasteiger partial charge is 0.471 e. The number of nitrogens with zero attached hydrogens (tertiary/aromatic N) is 8. The van der Waals surface area contributed by atoms with Crippen LogP contribution in [0.1, 0.15) is 59.7 Å². The standard InChI is InChI=1S/C39H40ClN9O5/c1-23-17-39(22-48(23)25-4-6-31(41-2)30(40)16-25)11-13-45(14-12-39)33-8-10-35(44-43-33)54-27-20-47(21-27)26-18-46(19-26)24-3-5-28-29(15-24)38(53)49(37(28)52)32-7-9-34(50)42-36(32)51/h3-6,8,10,15-16,23,26-27,32H,7,9,11-14,17-22H2,1H3,(H,42,50,51)/t23-,32?/m0/s1. The van der Waals surface area contributed by atoms with Crippen LogP contribution in [0.5, 0.6) is 5.88 Å². The molecular formula is C39H40ClN9O5. The quantitative estimate of drug-likeness (QED) is 0.278. The molecule has 2 aromatic carbocycles. The van der Waals surface area contributed by atoms with Crippen molar-refractivity contribution in [2.24, 2.45) is 5.41 Å². The van der Waals surface area contributed by atoms with Crippen LogP contribution < -0.4 is 24.8 Å². The summed E-state index contributed by atoms with van der Waals surface area (Å²) in [5, 5.41) is 11.7. The first-order valence-electron chi connectivity index (χ1n) is 18.6. The zero-order valence-corrected chi connectivity index (χ0v) is 30.7. The van der Waals surface area contributed by atoms with Gasteiger partial charge in [0, 0.05) is 86.8 Å². The molecule has 6 aliphatic rings. The van der Waals surface area contributed by atoms with Gasteiger partial charge in [-0.3, -0.25) is 34.3 Å². The molecule has 7 heterocycles. The van der Waals surface area contributed by atoms with Gasteiger partial charge >= 0.3 is 0 Å². The fraction of sp³-hybridized carbons (Fsp3) is 0.462. The van der Waals surface area contributed by atoms with Crippen molar-refractivity contribution in [3.05, 3.63) is 76.1 Å². The predicted molar refractivity (Wildman–Crippen MR) is 200 cm³/mol. The molecule has 0 radical (unpaired) electrons. The van der Waals surface area contributed by atoms with Crippen molar-refractivity contribution < 1.29 is 23.9 Å². The zero-order valence-electron chi connectivity index (χ0n) is 29.9. The van der Waals surface area contributed by atoms with Crippen LogP contribution >= 0.6 is 11.6 Å². The van der Waals surface area contributed by atoms with Gasteiger partial charge in [0.25, 0.3) is 11.8 Å². The van der Waals surface area contributed by atoms with Gasteiger partial charge in [-0.15, -0.1) is 10.2 Å². The normalized spacial score (nSPS) is 24.4. The Hall–Kier alpha value is -5.26. The number of nitrogens with one attached hydrogen (secondary N) is 1. The van der Waals surface area contributed by atoms with Crippen LogP contribution in [-0.4, -0.2) is 114 Å². The second-order valence-electron chi connectivity index (χ2n) is 15.6. The van der Waals surface area contributed by atoms with Gasteiger partial charge in [-0.1, -0.05) is 17.7 Å². The third-order valence-corrected chi connectivity index (χ3v) is 12.6. The highest BCUT2D eigenvalue weighted by molar-refractivity contribution is 6.33. The molecule has 15 heteroatoms. The van der Waals surface area contributed by atoms with Crippen LogP contribution in [0.2, 0.25) is 5.02 Å². The second kappa shape index (κ2) is 13.2. The third kappa shape index (κ3) is 5.99. The van der Waals surface area contributed by atoms with Crippen LogP contribution in [0.3, 0.4) is 0 Å². The monoisotopic (exact) mass is 749 g/mol. The van der Waals surface area contributed by atoms with Crippen LogP contribution in [0.25, 0.3) is 4.85 Å². The summed E-state index contributed by atoms with van der Waals surface area (Å²) in [7, 11) is 0. The molecule has 1 aromatic heterocycles. The van der Waals surface area contributed by atoms with E-state index in [9.17, 15) is 19.2 Å². The average Bonchev–Trinajstić information content (AvgIpc) is 3.58. The number of ether oxygens (including phenoxy) is 1. The number of amides is 4. The summed E-state index contributed by atoms with van der Waals surface area (Å²) in [6, 6.07) is 14.7. The molecule has 0 saturated carbocycles. The molecule has 5 saturated heterocycles. The van der Waals surface area contributed by atoms with Gasteiger partial charge in [0.15, 0.2) is 5.82 Å². The molecule has 4 amide bonds. The first-order valence-corrected chi connectivity index (χ1v) is 19.0. The maximum atomic E-state index is 13.2. The zero-order chi connectivity index (χ0) is 37.3. The number of fused-ring (bicyclic) bond motifs is 1. The second-order valence-corrected chi connectivity index (χ2v) is 16.0. The van der Waals surface area contributed by atoms with Crippen molar-refractivity contribution >= 4 is 58.1 Å². The maximum Gasteiger partial charge on any atom is 0.262 e. The Morgan fingerprint density at radius 1 is 0.907 bits per heavy atom. The first kappa shape index (κ1) is 34.5. The van der Waals surface area contributed by atoms with Gasteiger partial charge < -0.3 is 19.4 Å². The van der Waals surface area contributed by atoms with E-state index in [1.54, 1.807) is 12.1 Å². The van der Waals surface area contributed by atoms with Crippen molar-refractivity contribution in [1.82, 2.24) is 25.3 Å². The Labute approximate surface area is 317 Å². The summed E-state index contributed by atoms with van der Waals surface area (Å²) in [6.07, 6.45) is 3.54. The molecule has 54 heavy (non-hydrogen) atoms. The van der Waals surface area contributed by atoms with E-state index in [0.717, 1.165) is 87.2 Å². The number of anilines is 3. The van der Waals surface area contributed by atoms with Gasteiger partial charge in [-0.25, -0.2) is 4.85 Å². The number of benzene rings is 2. The van der Waals surface area contributed by atoms with E-state index in [1.165, 1.54) is 0 Å². The van der Waals surface area contributed by atoms with Crippen LogP contribution in [0.4, 0.5) is 22.9 Å². The van der Waals surface area contributed by atoms with Gasteiger partial charge in [-0.05, 0) is 74.4 Å². The van der Waals surface area contributed by atoms with Gasteiger partial charge in [0.05, 0.1) is 17.7 Å². The van der Waals surface area contributed by atoms with E-state index < -0.39 is 29.7 Å². The third-order valence-electron chi connectivity index (χ3n) is 12.3.